The van der Waals surface area contributed by atoms with Gasteiger partial charge in [-0.05, 0) is 47.2 Å². The van der Waals surface area contributed by atoms with Gasteiger partial charge in [-0.15, -0.1) is 0 Å². The van der Waals surface area contributed by atoms with Gasteiger partial charge in [0.15, 0.2) is 0 Å². The van der Waals surface area contributed by atoms with Crippen LogP contribution in [0.15, 0.2) is 48.5 Å². The SMILES string of the molecule is O=C(O)CNC(=O)c1cccc(-c2cccc(NC(=O)NCCSC(F)(F)F)c2)c1. The van der Waals surface area contributed by atoms with Crippen LogP contribution in [-0.2, 0) is 4.79 Å². The number of benzene rings is 2. The molecule has 3 amide bonds. The summed E-state index contributed by atoms with van der Waals surface area (Å²) in [5, 5.41) is 15.8. The number of carbonyl (C=O) groups excluding carboxylic acids is 2. The molecule has 2 aromatic rings. The number of thioether (sulfide) groups is 1. The number of halogens is 3. The zero-order chi connectivity index (χ0) is 22.1. The van der Waals surface area contributed by atoms with Gasteiger partial charge in [0, 0.05) is 23.5 Å². The molecule has 0 aliphatic heterocycles. The molecule has 11 heteroatoms. The molecule has 4 N–H and O–H groups in total. The lowest BCUT2D eigenvalue weighted by molar-refractivity contribution is -0.135. The molecule has 0 atom stereocenters. The third-order valence-electron chi connectivity index (χ3n) is 3.63. The number of hydrogen-bond donors (Lipinski definition) is 4. The summed E-state index contributed by atoms with van der Waals surface area (Å²) in [6, 6.07) is 12.5. The summed E-state index contributed by atoms with van der Waals surface area (Å²) in [6.07, 6.45) is 0. The lowest BCUT2D eigenvalue weighted by atomic mass is 10.0. The number of urea groups is 1. The minimum atomic E-state index is -4.34. The largest absolute Gasteiger partial charge is 0.480 e. The Balaban J connectivity index is 1.99. The second-order valence-electron chi connectivity index (χ2n) is 5.91. The first-order valence-corrected chi connectivity index (χ1v) is 9.58. The van der Waals surface area contributed by atoms with Crippen molar-refractivity contribution in [3.05, 3.63) is 54.1 Å². The Morgan fingerprint density at radius 1 is 0.967 bits per heavy atom. The number of hydrogen-bond acceptors (Lipinski definition) is 4. The zero-order valence-corrected chi connectivity index (χ0v) is 16.3. The van der Waals surface area contributed by atoms with Gasteiger partial charge in [-0.1, -0.05) is 24.3 Å². The fourth-order valence-corrected chi connectivity index (χ4v) is 2.82. The van der Waals surface area contributed by atoms with Crippen LogP contribution in [0.1, 0.15) is 10.4 Å². The van der Waals surface area contributed by atoms with Crippen LogP contribution in [0.25, 0.3) is 11.1 Å². The molecule has 2 aromatic carbocycles. The number of aliphatic carboxylic acids is 1. The highest BCUT2D eigenvalue weighted by Crippen LogP contribution is 2.29. The van der Waals surface area contributed by atoms with E-state index in [0.717, 1.165) is 0 Å². The lowest BCUT2D eigenvalue weighted by Crippen LogP contribution is -2.31. The van der Waals surface area contributed by atoms with E-state index < -0.39 is 30.0 Å². The molecular weight excluding hydrogens is 423 g/mol. The lowest BCUT2D eigenvalue weighted by Gasteiger charge is -2.10. The summed E-state index contributed by atoms with van der Waals surface area (Å²) in [7, 11) is 0. The van der Waals surface area contributed by atoms with E-state index in [2.05, 4.69) is 16.0 Å². The molecule has 0 radical (unpaired) electrons. The molecule has 0 bridgehead atoms. The average Bonchev–Trinajstić information content (AvgIpc) is 2.69. The van der Waals surface area contributed by atoms with Crippen LogP contribution >= 0.6 is 11.8 Å². The fourth-order valence-electron chi connectivity index (χ4n) is 2.38. The maximum atomic E-state index is 12.1. The van der Waals surface area contributed by atoms with E-state index in [4.69, 9.17) is 5.11 Å². The van der Waals surface area contributed by atoms with Gasteiger partial charge >= 0.3 is 17.5 Å². The van der Waals surface area contributed by atoms with Crippen LogP contribution in [0, 0.1) is 0 Å². The predicted molar refractivity (Wildman–Crippen MR) is 107 cm³/mol. The van der Waals surface area contributed by atoms with E-state index in [1.54, 1.807) is 42.5 Å². The third-order valence-corrected chi connectivity index (χ3v) is 4.37. The van der Waals surface area contributed by atoms with Crippen molar-refractivity contribution in [3.8, 4) is 11.1 Å². The molecule has 0 aliphatic carbocycles. The highest BCUT2D eigenvalue weighted by atomic mass is 32.2. The summed E-state index contributed by atoms with van der Waals surface area (Å²) in [4.78, 5) is 34.4. The summed E-state index contributed by atoms with van der Waals surface area (Å²) < 4.78 is 36.2. The minimum absolute atomic E-state index is 0.150. The van der Waals surface area contributed by atoms with Crippen molar-refractivity contribution in [2.75, 3.05) is 24.2 Å². The molecule has 0 saturated carbocycles. The van der Waals surface area contributed by atoms with Crippen LogP contribution in [0.5, 0.6) is 0 Å². The first-order valence-electron chi connectivity index (χ1n) is 8.60. The fraction of sp³-hybridized carbons (Fsp3) is 0.211. The molecular formula is C19H18F3N3O4S. The van der Waals surface area contributed by atoms with Crippen molar-refractivity contribution in [2.45, 2.75) is 5.51 Å². The summed E-state index contributed by atoms with van der Waals surface area (Å²) in [6.45, 7) is -0.651. The van der Waals surface area contributed by atoms with E-state index >= 15 is 0 Å². The van der Waals surface area contributed by atoms with Crippen molar-refractivity contribution < 1.29 is 32.7 Å². The molecule has 0 heterocycles. The Morgan fingerprint density at radius 2 is 1.63 bits per heavy atom. The third kappa shape index (κ3) is 8.03. The predicted octanol–water partition coefficient (Wildman–Crippen LogP) is 3.54. The number of amides is 3. The molecule has 0 fully saturated rings. The molecule has 0 unspecified atom stereocenters. The topological polar surface area (TPSA) is 108 Å². The maximum absolute atomic E-state index is 12.1. The standard InChI is InChI=1S/C19H18F3N3O4S/c20-19(21,22)30-8-7-23-18(29)25-15-6-2-4-13(10-15)12-3-1-5-14(9-12)17(28)24-11-16(26)27/h1-6,9-10H,7-8,11H2,(H,24,28)(H,26,27)(H2,23,25,29). The maximum Gasteiger partial charge on any atom is 0.441 e. The number of carboxylic acid groups (broad SMARTS) is 1. The van der Waals surface area contributed by atoms with Gasteiger partial charge in [0.1, 0.15) is 6.54 Å². The van der Waals surface area contributed by atoms with Gasteiger partial charge in [-0.2, -0.15) is 13.2 Å². The zero-order valence-electron chi connectivity index (χ0n) is 15.5. The van der Waals surface area contributed by atoms with Crippen LogP contribution in [-0.4, -0.2) is 47.4 Å². The summed E-state index contributed by atoms with van der Waals surface area (Å²) in [5.74, 6) is -1.99. The number of anilines is 1. The van der Waals surface area contributed by atoms with Crippen molar-refractivity contribution in [2.24, 2.45) is 0 Å². The molecule has 0 aliphatic rings. The number of carboxylic acids is 1. The molecule has 160 valence electrons. The summed E-state index contributed by atoms with van der Waals surface area (Å²) >= 11 is -0.218. The van der Waals surface area contributed by atoms with Crippen molar-refractivity contribution in [1.29, 1.82) is 0 Å². The highest BCUT2D eigenvalue weighted by Gasteiger charge is 2.27. The van der Waals surface area contributed by atoms with Gasteiger partial charge in [-0.3, -0.25) is 9.59 Å². The molecule has 30 heavy (non-hydrogen) atoms. The molecule has 7 nitrogen and oxygen atoms in total. The summed E-state index contributed by atoms with van der Waals surface area (Å²) in [5.41, 5.74) is -2.33. The Morgan fingerprint density at radius 3 is 2.30 bits per heavy atom. The Bertz CT molecular complexity index is 922. The second-order valence-corrected chi connectivity index (χ2v) is 7.07. The number of nitrogens with one attached hydrogen (secondary N) is 3. The number of carbonyl (C=O) groups is 3. The molecule has 0 spiro atoms. The first-order chi connectivity index (χ1) is 14.1. The molecule has 2 rings (SSSR count). The van der Waals surface area contributed by atoms with E-state index in [1.807, 2.05) is 0 Å². The van der Waals surface area contributed by atoms with E-state index in [9.17, 15) is 27.6 Å². The van der Waals surface area contributed by atoms with Gasteiger partial charge in [0.2, 0.25) is 0 Å². The number of rotatable bonds is 8. The molecule has 0 saturated heterocycles. The highest BCUT2D eigenvalue weighted by molar-refractivity contribution is 8.00. The van der Waals surface area contributed by atoms with Gasteiger partial charge < -0.3 is 21.1 Å². The molecule has 0 aromatic heterocycles. The van der Waals surface area contributed by atoms with Gasteiger partial charge in [-0.25, -0.2) is 4.79 Å². The van der Waals surface area contributed by atoms with Crippen LogP contribution in [0.4, 0.5) is 23.7 Å². The Hall–Kier alpha value is -3.21. The van der Waals surface area contributed by atoms with Crippen molar-refractivity contribution in [3.63, 3.8) is 0 Å². The van der Waals surface area contributed by atoms with Crippen LogP contribution in [0.2, 0.25) is 0 Å². The van der Waals surface area contributed by atoms with Crippen LogP contribution in [0.3, 0.4) is 0 Å². The quantitative estimate of drug-likeness (QED) is 0.469. The Kier molecular flexibility index (Phi) is 8.10. The number of alkyl halides is 3. The van der Waals surface area contributed by atoms with E-state index in [-0.39, 0.29) is 29.6 Å². The van der Waals surface area contributed by atoms with Crippen molar-refractivity contribution >= 4 is 35.4 Å². The van der Waals surface area contributed by atoms with Gasteiger partial charge in [0.25, 0.3) is 5.91 Å². The van der Waals surface area contributed by atoms with E-state index in [0.29, 0.717) is 16.8 Å². The first kappa shape index (κ1) is 23.1. The van der Waals surface area contributed by atoms with Crippen LogP contribution < -0.4 is 16.0 Å². The Labute approximate surface area is 174 Å². The second kappa shape index (κ2) is 10.5. The normalized spacial score (nSPS) is 10.9. The monoisotopic (exact) mass is 441 g/mol. The van der Waals surface area contributed by atoms with E-state index in [1.165, 1.54) is 6.07 Å². The van der Waals surface area contributed by atoms with Gasteiger partial charge in [0.05, 0.1) is 0 Å². The smallest absolute Gasteiger partial charge is 0.441 e. The van der Waals surface area contributed by atoms with Crippen molar-refractivity contribution in [1.82, 2.24) is 10.6 Å². The average molecular weight is 441 g/mol. The minimum Gasteiger partial charge on any atom is -0.480 e.